The summed E-state index contributed by atoms with van der Waals surface area (Å²) in [5.41, 5.74) is 1.72. The summed E-state index contributed by atoms with van der Waals surface area (Å²) in [6, 6.07) is 16.5. The quantitative estimate of drug-likeness (QED) is 0.771. The highest BCUT2D eigenvalue weighted by Gasteiger charge is 2.38. The molecule has 2 aromatic rings. The molecule has 0 atom stereocenters. The van der Waals surface area contributed by atoms with Gasteiger partial charge in [-0.1, -0.05) is 49.0 Å². The first kappa shape index (κ1) is 18.9. The van der Waals surface area contributed by atoms with Crippen molar-refractivity contribution in [3.63, 3.8) is 0 Å². The van der Waals surface area contributed by atoms with E-state index in [1.807, 2.05) is 37.3 Å². The Labute approximate surface area is 162 Å². The first-order valence-electron chi connectivity index (χ1n) is 8.72. The van der Waals surface area contributed by atoms with Gasteiger partial charge in [0.2, 0.25) is 5.91 Å². The monoisotopic (exact) mass is 380 g/mol. The van der Waals surface area contributed by atoms with Gasteiger partial charge in [-0.3, -0.25) is 19.3 Å². The maximum Gasteiger partial charge on any atom is 0.268 e. The van der Waals surface area contributed by atoms with Gasteiger partial charge in [0, 0.05) is 24.1 Å². The zero-order valence-corrected chi connectivity index (χ0v) is 16.0. The van der Waals surface area contributed by atoms with Crippen LogP contribution in [0.25, 0.3) is 5.57 Å². The molecule has 0 unspecified atom stereocenters. The van der Waals surface area contributed by atoms with Crippen LogP contribution in [-0.2, 0) is 14.4 Å². The number of nitrogens with one attached hydrogen (secondary N) is 1. The van der Waals surface area contributed by atoms with Crippen LogP contribution >= 0.6 is 11.8 Å². The van der Waals surface area contributed by atoms with Crippen molar-refractivity contribution >= 4 is 40.7 Å². The molecule has 0 saturated heterocycles. The summed E-state index contributed by atoms with van der Waals surface area (Å²) in [6.45, 7) is 3.77. The number of hydrogen-bond donors (Lipinski definition) is 1. The average Bonchev–Trinajstić information content (AvgIpc) is 2.88. The molecule has 0 spiro atoms. The van der Waals surface area contributed by atoms with E-state index in [1.165, 1.54) is 23.6 Å². The van der Waals surface area contributed by atoms with Crippen LogP contribution in [0.2, 0.25) is 0 Å². The van der Waals surface area contributed by atoms with Gasteiger partial charge in [-0.05, 0) is 36.2 Å². The number of carbonyl (C=O) groups excluding carboxylic acids is 3. The molecule has 1 aliphatic heterocycles. The standard InChI is InChI=1S/C21H20N2O3S/c1-3-13-23-20(25)18(15-9-11-16(12-10-15)22-14(2)24)19(21(23)26)27-17-7-5-4-6-8-17/h4-12H,3,13H2,1-2H3,(H,22,24). The van der Waals surface area contributed by atoms with Crippen LogP contribution in [0, 0.1) is 0 Å². The van der Waals surface area contributed by atoms with Crippen molar-refractivity contribution < 1.29 is 14.4 Å². The highest BCUT2D eigenvalue weighted by molar-refractivity contribution is 8.04. The summed E-state index contributed by atoms with van der Waals surface area (Å²) in [6.07, 6.45) is 0.704. The lowest BCUT2D eigenvalue weighted by Crippen LogP contribution is -2.32. The number of anilines is 1. The molecular formula is C21H20N2O3S. The minimum absolute atomic E-state index is 0.163. The van der Waals surface area contributed by atoms with Crippen molar-refractivity contribution in [1.29, 1.82) is 0 Å². The van der Waals surface area contributed by atoms with E-state index in [0.29, 0.717) is 34.7 Å². The van der Waals surface area contributed by atoms with E-state index < -0.39 is 0 Å². The van der Waals surface area contributed by atoms with E-state index in [2.05, 4.69) is 5.32 Å². The predicted octanol–water partition coefficient (Wildman–Crippen LogP) is 3.93. The van der Waals surface area contributed by atoms with Crippen molar-refractivity contribution in [2.75, 3.05) is 11.9 Å². The van der Waals surface area contributed by atoms with Crippen molar-refractivity contribution in [2.45, 2.75) is 25.2 Å². The van der Waals surface area contributed by atoms with Crippen LogP contribution in [0.4, 0.5) is 5.69 Å². The van der Waals surface area contributed by atoms with Crippen molar-refractivity contribution in [3.05, 3.63) is 65.1 Å². The second kappa shape index (κ2) is 8.22. The minimum Gasteiger partial charge on any atom is -0.326 e. The second-order valence-corrected chi connectivity index (χ2v) is 7.22. The molecule has 3 amide bonds. The number of carbonyl (C=O) groups is 3. The molecule has 1 aliphatic rings. The van der Waals surface area contributed by atoms with Gasteiger partial charge in [-0.25, -0.2) is 0 Å². The van der Waals surface area contributed by atoms with Crippen LogP contribution in [0.1, 0.15) is 25.8 Å². The summed E-state index contributed by atoms with van der Waals surface area (Å²) in [7, 11) is 0. The SMILES string of the molecule is CCCN1C(=O)C(Sc2ccccc2)=C(c2ccc(NC(C)=O)cc2)C1=O. The smallest absolute Gasteiger partial charge is 0.268 e. The Balaban J connectivity index is 2.01. The highest BCUT2D eigenvalue weighted by atomic mass is 32.2. The van der Waals surface area contributed by atoms with E-state index in [9.17, 15) is 14.4 Å². The van der Waals surface area contributed by atoms with Crippen LogP contribution in [0.5, 0.6) is 0 Å². The molecule has 5 nitrogen and oxygen atoms in total. The molecule has 138 valence electrons. The third-order valence-corrected chi connectivity index (χ3v) is 5.12. The summed E-state index contributed by atoms with van der Waals surface area (Å²) in [5, 5.41) is 2.70. The normalized spacial score (nSPS) is 14.1. The number of benzene rings is 2. The summed E-state index contributed by atoms with van der Waals surface area (Å²) in [4.78, 5) is 39.6. The first-order valence-corrected chi connectivity index (χ1v) is 9.54. The molecule has 6 heteroatoms. The fourth-order valence-corrected chi connectivity index (χ4v) is 3.89. The lowest BCUT2D eigenvalue weighted by atomic mass is 10.1. The number of hydrogen-bond acceptors (Lipinski definition) is 4. The van der Waals surface area contributed by atoms with E-state index >= 15 is 0 Å². The van der Waals surface area contributed by atoms with Crippen molar-refractivity contribution in [1.82, 2.24) is 4.90 Å². The Bertz CT molecular complexity index is 905. The molecule has 0 saturated carbocycles. The van der Waals surface area contributed by atoms with Crippen molar-refractivity contribution in [3.8, 4) is 0 Å². The molecule has 2 aromatic carbocycles. The molecular weight excluding hydrogens is 360 g/mol. The van der Waals surface area contributed by atoms with E-state index in [-0.39, 0.29) is 17.7 Å². The lowest BCUT2D eigenvalue weighted by molar-refractivity contribution is -0.136. The molecule has 27 heavy (non-hydrogen) atoms. The van der Waals surface area contributed by atoms with Gasteiger partial charge in [0.15, 0.2) is 0 Å². The maximum atomic E-state index is 12.9. The minimum atomic E-state index is -0.271. The van der Waals surface area contributed by atoms with Crippen LogP contribution in [0.3, 0.4) is 0 Å². The van der Waals surface area contributed by atoms with Crippen LogP contribution < -0.4 is 5.32 Å². The van der Waals surface area contributed by atoms with Gasteiger partial charge < -0.3 is 5.32 Å². The Morgan fingerprint density at radius 3 is 2.26 bits per heavy atom. The molecule has 0 fully saturated rings. The summed E-state index contributed by atoms with van der Waals surface area (Å²) < 4.78 is 0. The zero-order chi connectivity index (χ0) is 19.4. The van der Waals surface area contributed by atoms with Gasteiger partial charge in [-0.2, -0.15) is 0 Å². The first-order chi connectivity index (χ1) is 13.0. The molecule has 3 rings (SSSR count). The average molecular weight is 380 g/mol. The third kappa shape index (κ3) is 4.11. The van der Waals surface area contributed by atoms with Gasteiger partial charge in [-0.15, -0.1) is 0 Å². The number of imide groups is 1. The molecule has 0 radical (unpaired) electrons. The van der Waals surface area contributed by atoms with Gasteiger partial charge >= 0.3 is 0 Å². The number of rotatable bonds is 6. The van der Waals surface area contributed by atoms with Crippen LogP contribution in [0.15, 0.2) is 64.4 Å². The van der Waals surface area contributed by atoms with E-state index in [4.69, 9.17) is 0 Å². The maximum absolute atomic E-state index is 12.9. The van der Waals surface area contributed by atoms with Crippen molar-refractivity contribution in [2.24, 2.45) is 0 Å². The molecule has 1 N–H and O–H groups in total. The summed E-state index contributed by atoms with van der Waals surface area (Å²) in [5.74, 6) is -0.687. The van der Waals surface area contributed by atoms with E-state index in [0.717, 1.165) is 4.90 Å². The predicted molar refractivity (Wildman–Crippen MR) is 107 cm³/mol. The third-order valence-electron chi connectivity index (χ3n) is 4.03. The Hall–Kier alpha value is -2.86. The highest BCUT2D eigenvalue weighted by Crippen LogP contribution is 2.39. The molecule has 0 aliphatic carbocycles. The van der Waals surface area contributed by atoms with Gasteiger partial charge in [0.1, 0.15) is 0 Å². The van der Waals surface area contributed by atoms with E-state index in [1.54, 1.807) is 24.3 Å². The fraction of sp³-hybridized carbons (Fsp3) is 0.190. The number of nitrogens with zero attached hydrogens (tertiary/aromatic N) is 1. The van der Waals surface area contributed by atoms with Crippen LogP contribution in [-0.4, -0.2) is 29.2 Å². The fourth-order valence-electron chi connectivity index (χ4n) is 2.86. The Kier molecular flexibility index (Phi) is 5.76. The molecule has 1 heterocycles. The zero-order valence-electron chi connectivity index (χ0n) is 15.2. The largest absolute Gasteiger partial charge is 0.326 e. The molecule has 0 aromatic heterocycles. The lowest BCUT2D eigenvalue weighted by Gasteiger charge is -2.13. The second-order valence-electron chi connectivity index (χ2n) is 6.14. The van der Waals surface area contributed by atoms with Gasteiger partial charge in [0.05, 0.1) is 10.5 Å². The molecule has 0 bridgehead atoms. The Morgan fingerprint density at radius 1 is 1.00 bits per heavy atom. The number of amides is 3. The van der Waals surface area contributed by atoms with Gasteiger partial charge in [0.25, 0.3) is 11.8 Å². The topological polar surface area (TPSA) is 66.5 Å². The summed E-state index contributed by atoms with van der Waals surface area (Å²) >= 11 is 1.31. The Morgan fingerprint density at radius 2 is 1.67 bits per heavy atom. The number of thioether (sulfide) groups is 1.